The number of likely N-dealkylation sites (tertiary alicyclic amines) is 1. The highest BCUT2D eigenvalue weighted by Crippen LogP contribution is 2.43. The number of amides is 1. The van der Waals surface area contributed by atoms with Gasteiger partial charge >= 0.3 is 0 Å². The first-order chi connectivity index (χ1) is 20.0. The Morgan fingerprint density at radius 2 is 2.05 bits per heavy atom. The van der Waals surface area contributed by atoms with E-state index in [9.17, 15) is 9.18 Å². The van der Waals surface area contributed by atoms with Gasteiger partial charge in [0, 0.05) is 55.3 Å². The van der Waals surface area contributed by atoms with E-state index in [1.807, 2.05) is 18.2 Å². The first-order valence-corrected chi connectivity index (χ1v) is 14.9. The number of halogens is 2. The van der Waals surface area contributed by atoms with Gasteiger partial charge in [0.25, 0.3) is 0 Å². The van der Waals surface area contributed by atoms with Crippen molar-refractivity contribution in [3.8, 4) is 5.75 Å². The van der Waals surface area contributed by atoms with Crippen molar-refractivity contribution in [3.63, 3.8) is 0 Å². The zero-order valence-corrected chi connectivity index (χ0v) is 23.9. The molecule has 10 heteroatoms. The van der Waals surface area contributed by atoms with Crippen LogP contribution in [0.1, 0.15) is 38.5 Å². The van der Waals surface area contributed by atoms with Crippen molar-refractivity contribution in [1.82, 2.24) is 20.2 Å². The van der Waals surface area contributed by atoms with Gasteiger partial charge in [-0.3, -0.25) is 9.69 Å². The molecular weight excluding hydrogens is 543 g/mol. The van der Waals surface area contributed by atoms with Gasteiger partial charge in [0.2, 0.25) is 5.91 Å². The summed E-state index contributed by atoms with van der Waals surface area (Å²) in [4.78, 5) is 24.2. The lowest BCUT2D eigenvalue weighted by atomic mass is 9.69. The predicted molar refractivity (Wildman–Crippen MR) is 160 cm³/mol. The van der Waals surface area contributed by atoms with Crippen LogP contribution in [0.4, 0.5) is 21.6 Å². The monoisotopic (exact) mass is 578 g/mol. The highest BCUT2D eigenvalue weighted by atomic mass is 35.5. The standard InChI is InChI=1S/C31H36ClFN6O2/c32-24-13-22(6-7-25(24)33)37-30-23-14-27(28(15-26(23)35-20-36-30)41-17-21-8-11-34-16-21)38-29(40)5-4-12-39-18-31(19-39)9-2-1-3-10-31/h4-7,13-15,20-21,34H,1-3,8-12,16-19H2,(H,38,40)(H,35,36,37)/b5-4+. The van der Waals surface area contributed by atoms with Crippen molar-refractivity contribution < 1.29 is 13.9 Å². The van der Waals surface area contributed by atoms with Crippen LogP contribution < -0.4 is 20.7 Å². The second-order valence-electron chi connectivity index (χ2n) is 11.6. The van der Waals surface area contributed by atoms with Gasteiger partial charge in [-0.05, 0) is 55.5 Å². The molecule has 6 rings (SSSR count). The highest BCUT2D eigenvalue weighted by molar-refractivity contribution is 6.31. The third-order valence-corrected chi connectivity index (χ3v) is 8.77. The van der Waals surface area contributed by atoms with E-state index in [-0.39, 0.29) is 10.9 Å². The molecule has 3 heterocycles. The van der Waals surface area contributed by atoms with Gasteiger partial charge in [-0.2, -0.15) is 0 Å². The summed E-state index contributed by atoms with van der Waals surface area (Å²) in [6.45, 7) is 5.46. The smallest absolute Gasteiger partial charge is 0.248 e. The zero-order valence-electron chi connectivity index (χ0n) is 23.1. The largest absolute Gasteiger partial charge is 0.491 e. The lowest BCUT2D eigenvalue weighted by molar-refractivity contribution is -0.112. The molecule has 1 saturated carbocycles. The number of hydrogen-bond donors (Lipinski definition) is 3. The Morgan fingerprint density at radius 3 is 2.83 bits per heavy atom. The van der Waals surface area contributed by atoms with Crippen molar-refractivity contribution in [3.05, 3.63) is 59.7 Å². The Morgan fingerprint density at radius 1 is 1.20 bits per heavy atom. The molecule has 2 aromatic carbocycles. The first-order valence-electron chi connectivity index (χ1n) is 14.5. The lowest BCUT2D eigenvalue weighted by Crippen LogP contribution is -2.56. The van der Waals surface area contributed by atoms with Gasteiger partial charge in [0.1, 0.15) is 23.7 Å². The van der Waals surface area contributed by atoms with Gasteiger partial charge in [-0.15, -0.1) is 0 Å². The lowest BCUT2D eigenvalue weighted by Gasteiger charge is -2.52. The minimum atomic E-state index is -0.496. The van der Waals surface area contributed by atoms with Crippen LogP contribution in [0, 0.1) is 17.2 Å². The quantitative estimate of drug-likeness (QED) is 0.272. The number of hydrogen-bond acceptors (Lipinski definition) is 7. The maximum atomic E-state index is 13.7. The van der Waals surface area contributed by atoms with Gasteiger partial charge in [0.15, 0.2) is 0 Å². The van der Waals surface area contributed by atoms with Crippen LogP contribution in [0.3, 0.4) is 0 Å². The highest BCUT2D eigenvalue weighted by Gasteiger charge is 2.42. The van der Waals surface area contributed by atoms with E-state index in [2.05, 4.69) is 30.8 Å². The van der Waals surface area contributed by atoms with E-state index in [1.54, 1.807) is 12.1 Å². The van der Waals surface area contributed by atoms with Gasteiger partial charge in [0.05, 0.1) is 22.8 Å². The fourth-order valence-electron chi connectivity index (χ4n) is 6.31. The molecule has 1 aliphatic carbocycles. The Labute approximate surface area is 244 Å². The summed E-state index contributed by atoms with van der Waals surface area (Å²) in [6.07, 6.45) is 12.8. The summed E-state index contributed by atoms with van der Waals surface area (Å²) in [7, 11) is 0. The summed E-state index contributed by atoms with van der Waals surface area (Å²) in [5.74, 6) is 0.752. The zero-order chi connectivity index (χ0) is 28.2. The number of nitrogens with one attached hydrogen (secondary N) is 3. The Balaban J connectivity index is 1.18. The van der Waals surface area contributed by atoms with E-state index in [0.717, 1.165) is 39.1 Å². The molecule has 216 valence electrons. The molecule has 0 radical (unpaired) electrons. The number of rotatable bonds is 9. The van der Waals surface area contributed by atoms with Crippen LogP contribution in [0.5, 0.6) is 5.75 Å². The third kappa shape index (κ3) is 6.63. The van der Waals surface area contributed by atoms with E-state index in [4.69, 9.17) is 16.3 Å². The molecule has 8 nitrogen and oxygen atoms in total. The van der Waals surface area contributed by atoms with Crippen LogP contribution in [-0.2, 0) is 4.79 Å². The number of carbonyl (C=O) groups is 1. The molecule has 1 spiro atoms. The van der Waals surface area contributed by atoms with Crippen LogP contribution in [0.15, 0.2) is 48.8 Å². The van der Waals surface area contributed by atoms with Gasteiger partial charge in [-0.25, -0.2) is 14.4 Å². The summed E-state index contributed by atoms with van der Waals surface area (Å²) >= 11 is 5.98. The molecule has 3 aromatic rings. The number of carbonyl (C=O) groups excluding carboxylic acids is 1. The maximum Gasteiger partial charge on any atom is 0.248 e. The van der Waals surface area contributed by atoms with Gasteiger partial charge in [-0.1, -0.05) is 36.9 Å². The Bertz CT molecular complexity index is 1430. The summed E-state index contributed by atoms with van der Waals surface area (Å²) < 4.78 is 19.9. The fraction of sp³-hybridized carbons (Fsp3) is 0.452. The van der Waals surface area contributed by atoms with Crippen LogP contribution in [0.2, 0.25) is 5.02 Å². The average molecular weight is 579 g/mol. The number of fused-ring (bicyclic) bond motifs is 1. The van der Waals surface area contributed by atoms with Crippen molar-refractivity contribution in [2.45, 2.75) is 38.5 Å². The predicted octanol–water partition coefficient (Wildman–Crippen LogP) is 5.92. The summed E-state index contributed by atoms with van der Waals surface area (Å²) in [5, 5.41) is 10.3. The molecule has 3 N–H and O–H groups in total. The molecule has 1 unspecified atom stereocenters. The number of anilines is 3. The average Bonchev–Trinajstić information content (AvgIpc) is 3.48. The minimum Gasteiger partial charge on any atom is -0.491 e. The van der Waals surface area contributed by atoms with Crippen LogP contribution in [-0.4, -0.2) is 60.1 Å². The second-order valence-corrected chi connectivity index (χ2v) is 12.0. The SMILES string of the molecule is O=C(/C=C/CN1CC2(CCCCC2)C1)Nc1cc2c(Nc3ccc(F)c(Cl)c3)ncnc2cc1OCC1CCNC1. The van der Waals surface area contributed by atoms with E-state index in [0.29, 0.717) is 51.8 Å². The van der Waals surface area contributed by atoms with Crippen molar-refractivity contribution >= 4 is 45.6 Å². The molecule has 2 aliphatic heterocycles. The van der Waals surface area contributed by atoms with Gasteiger partial charge < -0.3 is 20.7 Å². The van der Waals surface area contributed by atoms with E-state index >= 15 is 0 Å². The van der Waals surface area contributed by atoms with Crippen LogP contribution in [0.25, 0.3) is 10.9 Å². The molecule has 41 heavy (non-hydrogen) atoms. The molecule has 1 amide bonds. The molecule has 1 atom stereocenters. The maximum absolute atomic E-state index is 13.7. The molecule has 3 fully saturated rings. The molecule has 1 aromatic heterocycles. The molecular formula is C31H36ClFN6O2. The number of ether oxygens (including phenoxy) is 1. The molecule has 0 bridgehead atoms. The summed E-state index contributed by atoms with van der Waals surface area (Å²) in [6, 6.07) is 8.03. The first kappa shape index (κ1) is 27.9. The third-order valence-electron chi connectivity index (χ3n) is 8.48. The van der Waals surface area contributed by atoms with E-state index < -0.39 is 5.82 Å². The Hall–Kier alpha value is -3.27. The van der Waals surface area contributed by atoms with Crippen LogP contribution >= 0.6 is 11.6 Å². The Kier molecular flexibility index (Phi) is 8.37. The normalized spacial score (nSPS) is 20.4. The minimum absolute atomic E-state index is 0.0114. The van der Waals surface area contributed by atoms with E-state index in [1.165, 1.54) is 50.6 Å². The van der Waals surface area contributed by atoms with Crippen molar-refractivity contribution in [2.24, 2.45) is 11.3 Å². The topological polar surface area (TPSA) is 91.4 Å². The van der Waals surface area contributed by atoms with Crippen molar-refractivity contribution in [1.29, 1.82) is 0 Å². The molecule has 2 saturated heterocycles. The summed E-state index contributed by atoms with van der Waals surface area (Å²) in [5.41, 5.74) is 2.30. The number of aromatic nitrogens is 2. The second kappa shape index (κ2) is 12.3. The molecule has 3 aliphatic rings. The fourth-order valence-corrected chi connectivity index (χ4v) is 6.49. The number of benzene rings is 2. The van der Waals surface area contributed by atoms with Crippen molar-refractivity contribution in [2.75, 3.05) is 50.0 Å². The number of nitrogens with zero attached hydrogens (tertiary/aromatic N) is 3.